The highest BCUT2D eigenvalue weighted by Crippen LogP contribution is 2.43. The molecule has 5 aromatic carbocycles. The second kappa shape index (κ2) is 8.99. The first-order valence-electron chi connectivity index (χ1n) is 13.7. The molecule has 0 bridgehead atoms. The maximum Gasteiger partial charge on any atom is 0.238 e. The highest BCUT2D eigenvalue weighted by Gasteiger charge is 2.21. The first-order chi connectivity index (χ1) is 20.8. The van der Waals surface area contributed by atoms with E-state index in [9.17, 15) is 0 Å². The Balaban J connectivity index is 1.42. The third-order valence-corrected chi connectivity index (χ3v) is 8.96. The molecule has 0 fully saturated rings. The van der Waals surface area contributed by atoms with Crippen LogP contribution < -0.4 is 0 Å². The van der Waals surface area contributed by atoms with E-state index in [1.165, 1.54) is 20.2 Å². The van der Waals surface area contributed by atoms with Crippen LogP contribution in [0.5, 0.6) is 0 Å². The van der Waals surface area contributed by atoms with Crippen LogP contribution in [-0.2, 0) is 0 Å². The minimum absolute atomic E-state index is 0.592. The SMILES string of the molecule is c1ccc(-c2nc(-c3ccccc3)nc(-n3c4ccccc4c4ccc5c6cc7cncnc7cc6sc5c43)n2)cc1. The number of aromatic nitrogens is 6. The maximum absolute atomic E-state index is 5.10. The molecule has 0 amide bonds. The topological polar surface area (TPSA) is 69.4 Å². The largest absolute Gasteiger partial charge is 0.276 e. The second-order valence-electron chi connectivity index (χ2n) is 10.2. The summed E-state index contributed by atoms with van der Waals surface area (Å²) in [7, 11) is 0. The van der Waals surface area contributed by atoms with Crippen molar-refractivity contribution in [3.8, 4) is 28.7 Å². The first kappa shape index (κ1) is 23.2. The van der Waals surface area contributed by atoms with Gasteiger partial charge in [-0.25, -0.2) is 15.0 Å². The van der Waals surface area contributed by atoms with E-state index >= 15 is 0 Å². The molecule has 0 saturated heterocycles. The van der Waals surface area contributed by atoms with Gasteiger partial charge in [0.15, 0.2) is 11.6 Å². The van der Waals surface area contributed by atoms with Gasteiger partial charge in [-0.3, -0.25) is 4.57 Å². The smallest absolute Gasteiger partial charge is 0.238 e. The average molecular weight is 557 g/mol. The molecular weight excluding hydrogens is 536 g/mol. The number of nitrogens with zero attached hydrogens (tertiary/aromatic N) is 6. The molecule has 0 N–H and O–H groups in total. The van der Waals surface area contributed by atoms with E-state index in [4.69, 9.17) is 15.0 Å². The quantitative estimate of drug-likeness (QED) is 0.218. The zero-order valence-electron chi connectivity index (χ0n) is 22.1. The van der Waals surface area contributed by atoms with Gasteiger partial charge in [0.05, 0.1) is 21.3 Å². The summed E-state index contributed by atoms with van der Waals surface area (Å²) in [5.74, 6) is 1.87. The highest BCUT2D eigenvalue weighted by molar-refractivity contribution is 7.26. The summed E-state index contributed by atoms with van der Waals surface area (Å²) < 4.78 is 4.58. The molecule has 9 rings (SSSR count). The number of fused-ring (bicyclic) bond motifs is 8. The fraction of sp³-hybridized carbons (Fsp3) is 0. The Morgan fingerprint density at radius 2 is 1.29 bits per heavy atom. The Labute approximate surface area is 243 Å². The molecule has 0 aliphatic rings. The van der Waals surface area contributed by atoms with Gasteiger partial charge >= 0.3 is 0 Å². The lowest BCUT2D eigenvalue weighted by Crippen LogP contribution is -2.06. The lowest BCUT2D eigenvalue weighted by molar-refractivity contribution is 0.955. The van der Waals surface area contributed by atoms with E-state index in [2.05, 4.69) is 63.1 Å². The number of benzene rings is 5. The van der Waals surface area contributed by atoms with Crippen molar-refractivity contribution < 1.29 is 0 Å². The minimum atomic E-state index is 0.592. The molecule has 0 spiro atoms. The van der Waals surface area contributed by atoms with Crippen LogP contribution >= 0.6 is 11.3 Å². The van der Waals surface area contributed by atoms with E-state index < -0.39 is 0 Å². The Kier molecular flexibility index (Phi) is 4.97. The van der Waals surface area contributed by atoms with Gasteiger partial charge in [0.2, 0.25) is 5.95 Å². The Morgan fingerprint density at radius 3 is 2.05 bits per heavy atom. The number of hydrogen-bond acceptors (Lipinski definition) is 6. The highest BCUT2D eigenvalue weighted by atomic mass is 32.1. The predicted octanol–water partition coefficient (Wildman–Crippen LogP) is 8.61. The molecule has 4 heterocycles. The van der Waals surface area contributed by atoms with E-state index in [-0.39, 0.29) is 0 Å². The van der Waals surface area contributed by atoms with E-state index in [1.54, 1.807) is 17.7 Å². The zero-order chi connectivity index (χ0) is 27.6. The van der Waals surface area contributed by atoms with Crippen molar-refractivity contribution in [1.82, 2.24) is 29.5 Å². The number of hydrogen-bond donors (Lipinski definition) is 0. The lowest BCUT2D eigenvalue weighted by Gasteiger charge is -2.11. The first-order valence-corrected chi connectivity index (χ1v) is 14.5. The standard InChI is InChI=1S/C35H20N6S/c1-3-9-21(10-4-1)33-38-34(22-11-5-2-6-12-22)40-35(39-33)41-29-14-8-7-13-24(29)25-15-16-26-27-17-23-19-36-20-37-28(23)18-30(27)42-32(26)31(25)41/h1-20H. The monoisotopic (exact) mass is 556 g/mol. The van der Waals surface area contributed by atoms with Gasteiger partial charge in [-0.1, -0.05) is 91.0 Å². The molecule has 42 heavy (non-hydrogen) atoms. The van der Waals surface area contributed by atoms with Crippen LogP contribution in [0.1, 0.15) is 0 Å². The zero-order valence-corrected chi connectivity index (χ0v) is 23.0. The predicted molar refractivity (Wildman–Crippen MR) is 171 cm³/mol. The third kappa shape index (κ3) is 3.47. The van der Waals surface area contributed by atoms with Crippen molar-refractivity contribution in [2.45, 2.75) is 0 Å². The summed E-state index contributed by atoms with van der Waals surface area (Å²) in [6, 6.07) is 37.5. The third-order valence-electron chi connectivity index (χ3n) is 7.79. The van der Waals surface area contributed by atoms with Crippen molar-refractivity contribution in [1.29, 1.82) is 0 Å². The summed E-state index contributed by atoms with van der Waals surface area (Å²) in [5, 5.41) is 5.74. The van der Waals surface area contributed by atoms with E-state index in [1.807, 2.05) is 66.9 Å². The summed E-state index contributed by atoms with van der Waals surface area (Å²) >= 11 is 1.78. The fourth-order valence-electron chi connectivity index (χ4n) is 5.86. The summed E-state index contributed by atoms with van der Waals surface area (Å²) in [6.07, 6.45) is 3.48. The van der Waals surface area contributed by atoms with Gasteiger partial charge < -0.3 is 0 Å². The van der Waals surface area contributed by atoms with Crippen molar-refractivity contribution in [3.05, 3.63) is 122 Å². The molecular formula is C35H20N6S. The molecule has 0 aliphatic carbocycles. The lowest BCUT2D eigenvalue weighted by atomic mass is 10.1. The van der Waals surface area contributed by atoms with Crippen LogP contribution in [-0.4, -0.2) is 29.5 Å². The number of rotatable bonds is 3. The normalized spacial score (nSPS) is 11.8. The van der Waals surface area contributed by atoms with E-state index in [0.29, 0.717) is 17.6 Å². The van der Waals surface area contributed by atoms with Crippen LogP contribution in [0.15, 0.2) is 122 Å². The van der Waals surface area contributed by atoms with Gasteiger partial charge in [-0.05, 0) is 18.2 Å². The van der Waals surface area contributed by atoms with Crippen molar-refractivity contribution in [2.75, 3.05) is 0 Å². The van der Waals surface area contributed by atoms with Crippen molar-refractivity contribution in [2.24, 2.45) is 0 Å². The molecule has 196 valence electrons. The summed E-state index contributed by atoms with van der Waals surface area (Å²) in [4.78, 5) is 23.9. The van der Waals surface area contributed by atoms with Crippen molar-refractivity contribution >= 4 is 64.2 Å². The Bertz CT molecular complexity index is 2410. The molecule has 6 nitrogen and oxygen atoms in total. The van der Waals surface area contributed by atoms with Gasteiger partial charge in [0, 0.05) is 49.0 Å². The van der Waals surface area contributed by atoms with Crippen LogP contribution in [0.2, 0.25) is 0 Å². The summed E-state index contributed by atoms with van der Waals surface area (Å²) in [6.45, 7) is 0. The maximum atomic E-state index is 5.10. The van der Waals surface area contributed by atoms with Crippen LogP contribution in [0.25, 0.3) is 81.6 Å². The molecule has 0 aliphatic heterocycles. The Morgan fingerprint density at radius 1 is 0.595 bits per heavy atom. The van der Waals surface area contributed by atoms with Gasteiger partial charge in [-0.15, -0.1) is 11.3 Å². The van der Waals surface area contributed by atoms with Gasteiger partial charge in [-0.2, -0.15) is 9.97 Å². The fourth-order valence-corrected chi connectivity index (χ4v) is 7.12. The molecule has 0 radical (unpaired) electrons. The molecule has 0 atom stereocenters. The minimum Gasteiger partial charge on any atom is -0.276 e. The molecule has 4 aromatic heterocycles. The molecule has 0 saturated carbocycles. The Hall–Kier alpha value is -5.53. The van der Waals surface area contributed by atoms with Crippen molar-refractivity contribution in [3.63, 3.8) is 0 Å². The van der Waals surface area contributed by atoms with E-state index in [0.717, 1.165) is 43.8 Å². The van der Waals surface area contributed by atoms with Crippen LogP contribution in [0, 0.1) is 0 Å². The molecule has 9 aromatic rings. The van der Waals surface area contributed by atoms with Gasteiger partial charge in [0.25, 0.3) is 0 Å². The number of thiophene rings is 1. The summed E-state index contributed by atoms with van der Waals surface area (Å²) in [5.41, 5.74) is 4.98. The molecule has 7 heteroatoms. The van der Waals surface area contributed by atoms with Crippen LogP contribution in [0.4, 0.5) is 0 Å². The van der Waals surface area contributed by atoms with Gasteiger partial charge in [0.1, 0.15) is 6.33 Å². The van der Waals surface area contributed by atoms with Crippen LogP contribution in [0.3, 0.4) is 0 Å². The molecule has 0 unspecified atom stereocenters. The number of para-hydroxylation sites is 1. The average Bonchev–Trinajstić information content (AvgIpc) is 3.59. The second-order valence-corrected chi connectivity index (χ2v) is 11.3.